The van der Waals surface area contributed by atoms with Gasteiger partial charge in [0.05, 0.1) is 11.1 Å². The van der Waals surface area contributed by atoms with Gasteiger partial charge in [0.25, 0.3) is 11.8 Å². The number of benzene rings is 4. The van der Waals surface area contributed by atoms with Crippen LogP contribution in [0.2, 0.25) is 0 Å². The van der Waals surface area contributed by atoms with E-state index in [1.54, 1.807) is 4.90 Å². The van der Waals surface area contributed by atoms with E-state index in [-0.39, 0.29) is 30.2 Å². The summed E-state index contributed by atoms with van der Waals surface area (Å²) in [5, 5.41) is 17.2. The average Bonchev–Trinajstić information content (AvgIpc) is 3.85. The Balaban J connectivity index is 0.774. The number of piperazine rings is 1. The van der Waals surface area contributed by atoms with Gasteiger partial charge >= 0.3 is 0 Å². The number of imide groups is 1. The zero-order valence-electron chi connectivity index (χ0n) is 35.5. The molecule has 4 amide bonds. The maximum absolute atomic E-state index is 14.1. The van der Waals surface area contributed by atoms with Gasteiger partial charge in [-0.25, -0.2) is 8.78 Å². The molecular formula is C48H51F2N9O5. The standard InChI is InChI=1S/C48H51F2N9O5/c49-32-22-30(23-33(50)25-32)21-29-1-6-41-40(24-29)45(55-54-41)53-46(61)38-5-4-37(27-42(38)51-34-11-19-64-20-12-34)58-17-15-57(16-18-58)35-9-13-56(14-10-35)36-3-2-31-28-59(48(63)39(31)26-36)43-7-8-44(60)52-47(43)62/h1-6,22-27,34-35,43,51H,7-21,28H2,(H,52,60,62)(H2,53,54,55,61). The molecule has 332 valence electrons. The van der Waals surface area contributed by atoms with Gasteiger partial charge in [-0.05, 0) is 110 Å². The van der Waals surface area contributed by atoms with Crippen LogP contribution in [0, 0.1) is 11.6 Å². The van der Waals surface area contributed by atoms with Crippen LogP contribution in [0.15, 0.2) is 72.8 Å². The number of amides is 4. The number of aromatic nitrogens is 2. The molecule has 1 aromatic heterocycles. The summed E-state index contributed by atoms with van der Waals surface area (Å²) < 4.78 is 33.4. The van der Waals surface area contributed by atoms with Crippen molar-refractivity contribution in [2.24, 2.45) is 0 Å². The number of fused-ring (bicyclic) bond motifs is 2. The number of ether oxygens (including phenoxy) is 1. The number of H-pyrrole nitrogens is 1. The minimum Gasteiger partial charge on any atom is -0.381 e. The second-order valence-electron chi connectivity index (χ2n) is 17.6. The summed E-state index contributed by atoms with van der Waals surface area (Å²) in [6, 6.07) is 21.1. The van der Waals surface area contributed by atoms with Crippen LogP contribution >= 0.6 is 0 Å². The van der Waals surface area contributed by atoms with Gasteiger partial charge in [-0.15, -0.1) is 0 Å². The summed E-state index contributed by atoms with van der Waals surface area (Å²) in [4.78, 5) is 60.7. The molecule has 6 heterocycles. The van der Waals surface area contributed by atoms with Crippen LogP contribution in [0.5, 0.6) is 0 Å². The van der Waals surface area contributed by atoms with Crippen LogP contribution in [0.1, 0.15) is 75.9 Å². The molecule has 0 aliphatic carbocycles. The van der Waals surface area contributed by atoms with Gasteiger partial charge in [0.1, 0.15) is 17.7 Å². The smallest absolute Gasteiger partial charge is 0.258 e. The highest BCUT2D eigenvalue weighted by Crippen LogP contribution is 2.34. The van der Waals surface area contributed by atoms with E-state index in [0.717, 1.165) is 105 Å². The van der Waals surface area contributed by atoms with Gasteiger partial charge in [-0.2, -0.15) is 5.10 Å². The summed E-state index contributed by atoms with van der Waals surface area (Å²) in [6.45, 7) is 6.98. The first-order valence-corrected chi connectivity index (χ1v) is 22.3. The maximum Gasteiger partial charge on any atom is 0.258 e. The van der Waals surface area contributed by atoms with Crippen LogP contribution in [0.3, 0.4) is 0 Å². The molecule has 4 N–H and O–H groups in total. The molecule has 0 bridgehead atoms. The zero-order chi connectivity index (χ0) is 43.9. The molecule has 16 heteroatoms. The third-order valence-corrected chi connectivity index (χ3v) is 13.6. The van der Waals surface area contributed by atoms with E-state index in [4.69, 9.17) is 4.74 Å². The summed E-state index contributed by atoms with van der Waals surface area (Å²) in [7, 11) is 0. The Bertz CT molecular complexity index is 2600. The van der Waals surface area contributed by atoms with Crippen LogP contribution in [-0.2, 0) is 27.3 Å². The van der Waals surface area contributed by atoms with Crippen molar-refractivity contribution in [1.82, 2.24) is 25.3 Å². The molecule has 14 nitrogen and oxygen atoms in total. The number of hydrogen-bond acceptors (Lipinski definition) is 10. The Morgan fingerprint density at radius 2 is 1.52 bits per heavy atom. The van der Waals surface area contributed by atoms with E-state index in [1.165, 1.54) is 12.1 Å². The van der Waals surface area contributed by atoms with Gasteiger partial charge in [0, 0.05) is 112 Å². The van der Waals surface area contributed by atoms with Gasteiger partial charge < -0.3 is 30.1 Å². The summed E-state index contributed by atoms with van der Waals surface area (Å²) in [5.74, 6) is -2.03. The Morgan fingerprint density at radius 1 is 0.781 bits per heavy atom. The van der Waals surface area contributed by atoms with E-state index in [2.05, 4.69) is 53.0 Å². The summed E-state index contributed by atoms with van der Waals surface area (Å²) in [6.07, 6.45) is 4.58. The molecule has 5 aliphatic heterocycles. The number of hydrogen-bond donors (Lipinski definition) is 4. The molecule has 4 fully saturated rings. The monoisotopic (exact) mass is 871 g/mol. The molecule has 0 radical (unpaired) electrons. The van der Waals surface area contributed by atoms with Crippen LogP contribution < -0.4 is 25.8 Å². The third-order valence-electron chi connectivity index (χ3n) is 13.6. The number of halogens is 2. The lowest BCUT2D eigenvalue weighted by Gasteiger charge is -2.44. The number of nitrogens with one attached hydrogen (secondary N) is 4. The van der Waals surface area contributed by atoms with Crippen molar-refractivity contribution in [3.63, 3.8) is 0 Å². The number of piperidine rings is 2. The normalized spacial score (nSPS) is 20.2. The lowest BCUT2D eigenvalue weighted by molar-refractivity contribution is -0.136. The molecule has 4 saturated heterocycles. The number of anilines is 4. The van der Waals surface area contributed by atoms with Gasteiger partial charge in [-0.3, -0.25) is 34.5 Å². The Morgan fingerprint density at radius 3 is 2.28 bits per heavy atom. The lowest BCUT2D eigenvalue weighted by Crippen LogP contribution is -2.53. The highest BCUT2D eigenvalue weighted by molar-refractivity contribution is 6.11. The van der Waals surface area contributed by atoms with Gasteiger partial charge in [0.15, 0.2) is 5.82 Å². The molecule has 5 aliphatic rings. The fourth-order valence-electron chi connectivity index (χ4n) is 10.1. The fraction of sp³-hybridized carbons (Fsp3) is 0.396. The van der Waals surface area contributed by atoms with E-state index < -0.39 is 23.6 Å². The van der Waals surface area contributed by atoms with E-state index >= 15 is 0 Å². The van der Waals surface area contributed by atoms with Crippen LogP contribution in [0.4, 0.5) is 31.7 Å². The number of nitrogens with zero attached hydrogens (tertiary/aromatic N) is 5. The number of aromatic amines is 1. The quantitative estimate of drug-likeness (QED) is 0.126. The second-order valence-corrected chi connectivity index (χ2v) is 17.6. The molecule has 10 rings (SSSR count). The Hall–Kier alpha value is -6.39. The van der Waals surface area contributed by atoms with E-state index in [1.807, 2.05) is 42.5 Å². The minimum atomic E-state index is -0.628. The number of carbonyl (C=O) groups is 4. The van der Waals surface area contributed by atoms with Crippen molar-refractivity contribution < 1.29 is 32.7 Å². The maximum atomic E-state index is 14.1. The second kappa shape index (κ2) is 17.6. The third kappa shape index (κ3) is 8.63. The molecule has 5 aromatic rings. The highest BCUT2D eigenvalue weighted by Gasteiger charge is 2.39. The van der Waals surface area contributed by atoms with Crippen LogP contribution in [-0.4, -0.2) is 114 Å². The number of carbonyl (C=O) groups excluding carboxylic acids is 4. The molecule has 64 heavy (non-hydrogen) atoms. The predicted molar refractivity (Wildman–Crippen MR) is 239 cm³/mol. The van der Waals surface area contributed by atoms with Crippen molar-refractivity contribution in [3.05, 3.63) is 112 Å². The van der Waals surface area contributed by atoms with Gasteiger partial charge in [0.2, 0.25) is 11.8 Å². The molecule has 0 saturated carbocycles. The van der Waals surface area contributed by atoms with Crippen molar-refractivity contribution in [2.75, 3.05) is 72.9 Å². The molecule has 1 atom stereocenters. The number of rotatable bonds is 10. The molecule has 1 unspecified atom stereocenters. The fourth-order valence-corrected chi connectivity index (χ4v) is 10.1. The largest absolute Gasteiger partial charge is 0.381 e. The Kier molecular flexibility index (Phi) is 11.5. The zero-order valence-corrected chi connectivity index (χ0v) is 35.5. The summed E-state index contributed by atoms with van der Waals surface area (Å²) in [5.41, 5.74) is 6.93. The lowest BCUT2D eigenvalue weighted by atomic mass is 10.0. The SMILES string of the molecule is O=C1CCC(N2Cc3ccc(N4CCC(N5CCN(c6ccc(C(=O)Nc7n[nH]c8ccc(Cc9cc(F)cc(F)c9)cc78)c(NC7CCOCC7)c6)CC5)CC4)cc3C2=O)C(=O)N1. The predicted octanol–water partition coefficient (Wildman–Crippen LogP) is 5.83. The molecule has 0 spiro atoms. The first-order valence-electron chi connectivity index (χ1n) is 22.3. The Labute approximate surface area is 369 Å². The van der Waals surface area contributed by atoms with Gasteiger partial charge in [-0.1, -0.05) is 12.1 Å². The first kappa shape index (κ1) is 41.6. The van der Waals surface area contributed by atoms with Crippen molar-refractivity contribution in [3.8, 4) is 0 Å². The van der Waals surface area contributed by atoms with Crippen LogP contribution in [0.25, 0.3) is 10.9 Å². The van der Waals surface area contributed by atoms with Crippen molar-refractivity contribution in [2.45, 2.75) is 69.6 Å². The summed E-state index contributed by atoms with van der Waals surface area (Å²) >= 11 is 0. The van der Waals surface area contributed by atoms with Crippen molar-refractivity contribution >= 4 is 57.4 Å². The first-order chi connectivity index (χ1) is 31.1. The highest BCUT2D eigenvalue weighted by atomic mass is 19.1. The molecule has 4 aromatic carbocycles. The topological polar surface area (TPSA) is 155 Å². The molecular weight excluding hydrogens is 821 g/mol. The minimum absolute atomic E-state index is 0.151. The van der Waals surface area contributed by atoms with E-state index in [0.29, 0.717) is 66.5 Å². The van der Waals surface area contributed by atoms with Crippen molar-refractivity contribution in [1.29, 1.82) is 0 Å². The van der Waals surface area contributed by atoms with E-state index in [9.17, 15) is 28.0 Å². The average molecular weight is 872 g/mol.